The smallest absolute Gasteiger partial charge is 0.271 e. The third-order valence-corrected chi connectivity index (χ3v) is 7.47. The van der Waals surface area contributed by atoms with Crippen LogP contribution < -0.4 is 9.62 Å². The zero-order valence-corrected chi connectivity index (χ0v) is 23.0. The Morgan fingerprint density at radius 1 is 1.05 bits per heavy atom. The number of carbonyl (C=O) groups is 2. The maximum Gasteiger partial charge on any atom is 0.271 e. The summed E-state index contributed by atoms with van der Waals surface area (Å²) in [6, 6.07) is 10.4. The van der Waals surface area contributed by atoms with Crippen molar-refractivity contribution in [3.05, 3.63) is 69.3 Å². The second-order valence-corrected chi connectivity index (χ2v) is 11.1. The van der Waals surface area contributed by atoms with E-state index in [2.05, 4.69) is 5.32 Å². The third kappa shape index (κ3) is 7.75. The van der Waals surface area contributed by atoms with Crippen LogP contribution in [0.25, 0.3) is 0 Å². The first-order valence-electron chi connectivity index (χ1n) is 12.2. The normalized spacial score (nSPS) is 12.9. The first kappa shape index (κ1) is 29.8. The largest absolute Gasteiger partial charge is 0.352 e. The molecule has 0 heterocycles. The molecule has 0 aliphatic carbocycles. The molecule has 2 atom stereocenters. The van der Waals surface area contributed by atoms with Gasteiger partial charge in [0.05, 0.1) is 16.9 Å². The highest BCUT2D eigenvalue weighted by atomic mass is 32.2. The SMILES string of the molecule is CC[C@@H](C)NC(=O)[C@H](CC)N(Cc1ccccc1C)C(=O)CN(c1cc([N+](=O)[O-])ccc1C)S(C)(=O)=O. The van der Waals surface area contributed by atoms with Gasteiger partial charge in [0.25, 0.3) is 5.69 Å². The molecule has 202 valence electrons. The van der Waals surface area contributed by atoms with Gasteiger partial charge in [0.1, 0.15) is 12.6 Å². The van der Waals surface area contributed by atoms with Crippen LogP contribution >= 0.6 is 0 Å². The molecule has 0 spiro atoms. The summed E-state index contributed by atoms with van der Waals surface area (Å²) in [5, 5.41) is 14.3. The summed E-state index contributed by atoms with van der Waals surface area (Å²) < 4.78 is 26.5. The Labute approximate surface area is 218 Å². The van der Waals surface area contributed by atoms with Crippen LogP contribution in [0.15, 0.2) is 42.5 Å². The van der Waals surface area contributed by atoms with Crippen LogP contribution in [0.4, 0.5) is 11.4 Å². The van der Waals surface area contributed by atoms with Crippen molar-refractivity contribution in [3.8, 4) is 0 Å². The van der Waals surface area contributed by atoms with Crippen molar-refractivity contribution >= 4 is 33.2 Å². The Morgan fingerprint density at radius 3 is 2.24 bits per heavy atom. The molecule has 2 aromatic rings. The summed E-state index contributed by atoms with van der Waals surface area (Å²) >= 11 is 0. The van der Waals surface area contributed by atoms with E-state index in [9.17, 15) is 28.1 Å². The Hall–Kier alpha value is -3.47. The van der Waals surface area contributed by atoms with Gasteiger partial charge >= 0.3 is 0 Å². The molecule has 0 saturated carbocycles. The number of aryl methyl sites for hydroxylation is 2. The maximum absolute atomic E-state index is 13.8. The molecule has 10 nitrogen and oxygen atoms in total. The highest BCUT2D eigenvalue weighted by Crippen LogP contribution is 2.28. The molecule has 2 rings (SSSR count). The summed E-state index contributed by atoms with van der Waals surface area (Å²) in [6.45, 7) is 8.60. The number of nitro benzene ring substituents is 1. The number of benzene rings is 2. The van der Waals surface area contributed by atoms with Gasteiger partial charge in [-0.3, -0.25) is 24.0 Å². The van der Waals surface area contributed by atoms with E-state index < -0.39 is 33.4 Å². The van der Waals surface area contributed by atoms with Gasteiger partial charge in [-0.15, -0.1) is 0 Å². The van der Waals surface area contributed by atoms with E-state index in [4.69, 9.17) is 0 Å². The molecular weight excluding hydrogens is 496 g/mol. The molecule has 0 aliphatic heterocycles. The fourth-order valence-electron chi connectivity index (χ4n) is 3.91. The van der Waals surface area contributed by atoms with Crippen molar-refractivity contribution in [2.75, 3.05) is 17.1 Å². The van der Waals surface area contributed by atoms with Crippen molar-refractivity contribution in [1.29, 1.82) is 0 Å². The third-order valence-electron chi connectivity index (χ3n) is 6.34. The highest BCUT2D eigenvalue weighted by Gasteiger charge is 2.33. The first-order chi connectivity index (χ1) is 17.3. The van der Waals surface area contributed by atoms with Gasteiger partial charge in [-0.25, -0.2) is 8.42 Å². The summed E-state index contributed by atoms with van der Waals surface area (Å²) in [5.74, 6) is -0.915. The summed E-state index contributed by atoms with van der Waals surface area (Å²) in [7, 11) is -4.01. The lowest BCUT2D eigenvalue weighted by atomic mass is 10.1. The van der Waals surface area contributed by atoms with Crippen LogP contribution in [-0.4, -0.2) is 54.9 Å². The lowest BCUT2D eigenvalue weighted by molar-refractivity contribution is -0.384. The molecule has 0 aromatic heterocycles. The van der Waals surface area contributed by atoms with Crippen LogP contribution in [-0.2, 0) is 26.2 Å². The molecule has 0 bridgehead atoms. The van der Waals surface area contributed by atoms with Gasteiger partial charge in [-0.2, -0.15) is 0 Å². The number of nitro groups is 1. The van der Waals surface area contributed by atoms with Crippen LogP contribution in [0.2, 0.25) is 0 Å². The Morgan fingerprint density at radius 2 is 1.70 bits per heavy atom. The van der Waals surface area contributed by atoms with Crippen molar-refractivity contribution in [1.82, 2.24) is 10.2 Å². The number of hydrogen-bond donors (Lipinski definition) is 1. The number of non-ortho nitro benzene ring substituents is 1. The molecule has 0 aliphatic rings. The summed E-state index contributed by atoms with van der Waals surface area (Å²) in [5.41, 5.74) is 1.95. The van der Waals surface area contributed by atoms with Crippen molar-refractivity contribution in [2.24, 2.45) is 0 Å². The molecule has 0 unspecified atom stereocenters. The Bertz CT molecular complexity index is 1250. The van der Waals surface area contributed by atoms with E-state index in [-0.39, 0.29) is 29.9 Å². The van der Waals surface area contributed by atoms with E-state index in [0.29, 0.717) is 18.4 Å². The van der Waals surface area contributed by atoms with Gasteiger partial charge in [0.2, 0.25) is 21.8 Å². The Kier molecular flexibility index (Phi) is 10.2. The number of sulfonamides is 1. The number of anilines is 1. The zero-order valence-electron chi connectivity index (χ0n) is 22.2. The molecule has 0 saturated heterocycles. The zero-order chi connectivity index (χ0) is 27.9. The van der Waals surface area contributed by atoms with Gasteiger partial charge in [0.15, 0.2) is 0 Å². The van der Waals surface area contributed by atoms with Crippen LogP contribution in [0, 0.1) is 24.0 Å². The average Bonchev–Trinajstić information content (AvgIpc) is 2.82. The van der Waals surface area contributed by atoms with Crippen LogP contribution in [0.1, 0.15) is 50.3 Å². The lowest BCUT2D eigenvalue weighted by Crippen LogP contribution is -2.53. The standard InChI is InChI=1S/C26H36N4O6S/c1-7-20(5)27-26(32)23(8-2)28(16-21-12-10-9-11-18(21)3)25(31)17-29(37(6,35)36)24-15-22(30(33)34)14-13-19(24)4/h9-15,20,23H,7-8,16-17H2,1-6H3,(H,27,32)/t20-,23+/m1/s1. The second kappa shape index (κ2) is 12.7. The number of carbonyl (C=O) groups excluding carboxylic acids is 2. The lowest BCUT2D eigenvalue weighted by Gasteiger charge is -2.34. The quantitative estimate of drug-likeness (QED) is 0.328. The van der Waals surface area contributed by atoms with Gasteiger partial charge in [-0.1, -0.05) is 44.2 Å². The minimum Gasteiger partial charge on any atom is -0.352 e. The summed E-state index contributed by atoms with van der Waals surface area (Å²) in [4.78, 5) is 39.1. The van der Waals surface area contributed by atoms with Crippen LogP contribution in [0.5, 0.6) is 0 Å². The fourth-order valence-corrected chi connectivity index (χ4v) is 4.81. The number of nitrogens with zero attached hydrogens (tertiary/aromatic N) is 3. The van der Waals surface area contributed by atoms with E-state index in [0.717, 1.165) is 27.8 Å². The predicted molar refractivity (Wildman–Crippen MR) is 144 cm³/mol. The number of amides is 2. The van der Waals surface area contributed by atoms with Crippen molar-refractivity contribution in [3.63, 3.8) is 0 Å². The van der Waals surface area contributed by atoms with Crippen LogP contribution in [0.3, 0.4) is 0 Å². The molecule has 0 fully saturated rings. The van der Waals surface area contributed by atoms with Gasteiger partial charge in [0, 0.05) is 24.7 Å². The van der Waals surface area contributed by atoms with Gasteiger partial charge < -0.3 is 10.2 Å². The molecule has 1 N–H and O–H groups in total. The van der Waals surface area contributed by atoms with E-state index in [1.807, 2.05) is 45.0 Å². The topological polar surface area (TPSA) is 130 Å². The van der Waals surface area contributed by atoms with Crippen molar-refractivity contribution < 1.29 is 22.9 Å². The Balaban J connectivity index is 2.54. The molecular formula is C26H36N4O6S. The number of hydrogen-bond acceptors (Lipinski definition) is 6. The minimum absolute atomic E-state index is 0.0398. The van der Waals surface area contributed by atoms with E-state index in [1.54, 1.807) is 13.8 Å². The fraction of sp³-hybridized carbons (Fsp3) is 0.462. The molecule has 0 radical (unpaired) electrons. The highest BCUT2D eigenvalue weighted by molar-refractivity contribution is 7.92. The molecule has 11 heteroatoms. The van der Waals surface area contributed by atoms with Gasteiger partial charge in [-0.05, 0) is 50.3 Å². The van der Waals surface area contributed by atoms with Crippen molar-refractivity contribution in [2.45, 2.75) is 66.1 Å². The predicted octanol–water partition coefficient (Wildman–Crippen LogP) is 3.70. The molecule has 37 heavy (non-hydrogen) atoms. The number of rotatable bonds is 12. The molecule has 2 amide bonds. The average molecular weight is 533 g/mol. The number of nitrogens with one attached hydrogen (secondary N) is 1. The van der Waals surface area contributed by atoms with E-state index >= 15 is 0 Å². The second-order valence-electron chi connectivity index (χ2n) is 9.19. The molecule has 2 aromatic carbocycles. The maximum atomic E-state index is 13.8. The monoisotopic (exact) mass is 532 g/mol. The minimum atomic E-state index is -4.01. The summed E-state index contributed by atoms with van der Waals surface area (Å²) in [6.07, 6.45) is 1.97. The first-order valence-corrected chi connectivity index (χ1v) is 14.0. The van der Waals surface area contributed by atoms with E-state index in [1.165, 1.54) is 17.0 Å².